The number of nitrogens with zero attached hydrogens (tertiary/aromatic N) is 2. The Labute approximate surface area is 142 Å². The van der Waals surface area contributed by atoms with E-state index in [9.17, 15) is 9.59 Å². The van der Waals surface area contributed by atoms with Crippen LogP contribution in [0.25, 0.3) is 5.69 Å². The molecule has 0 aliphatic carbocycles. The normalized spacial score (nSPS) is 13.4. The van der Waals surface area contributed by atoms with Crippen molar-refractivity contribution in [2.45, 2.75) is 39.8 Å². The fourth-order valence-electron chi connectivity index (χ4n) is 2.49. The Balaban J connectivity index is 2.04. The lowest BCUT2D eigenvalue weighted by atomic mass is 10.0. The van der Waals surface area contributed by atoms with Crippen molar-refractivity contribution in [1.82, 2.24) is 20.2 Å². The van der Waals surface area contributed by atoms with Crippen molar-refractivity contribution in [3.63, 3.8) is 0 Å². The summed E-state index contributed by atoms with van der Waals surface area (Å²) in [7, 11) is 0. The van der Waals surface area contributed by atoms with Crippen LogP contribution in [0.3, 0.4) is 0 Å². The Hall–Kier alpha value is -2.63. The van der Waals surface area contributed by atoms with Gasteiger partial charge in [0.2, 0.25) is 11.8 Å². The highest BCUT2D eigenvalue weighted by molar-refractivity contribution is 5.87. The quantitative estimate of drug-likeness (QED) is 0.853. The van der Waals surface area contributed by atoms with E-state index < -0.39 is 6.04 Å². The molecule has 0 spiro atoms. The SMILES string of the molecule is CC(=O)NC(C(=O)NC(C)c1ccc(-n2ccnc2)cc1)C(C)C. The minimum Gasteiger partial charge on any atom is -0.348 e. The molecule has 24 heavy (non-hydrogen) atoms. The number of aromatic nitrogens is 2. The lowest BCUT2D eigenvalue weighted by Gasteiger charge is -2.23. The first-order chi connectivity index (χ1) is 11.4. The first-order valence-electron chi connectivity index (χ1n) is 8.04. The van der Waals surface area contributed by atoms with E-state index in [1.54, 1.807) is 12.5 Å². The topological polar surface area (TPSA) is 76.0 Å². The maximum absolute atomic E-state index is 12.4. The third kappa shape index (κ3) is 4.44. The first kappa shape index (κ1) is 17.7. The van der Waals surface area contributed by atoms with E-state index in [2.05, 4.69) is 15.6 Å². The number of imidazole rings is 1. The van der Waals surface area contributed by atoms with Gasteiger partial charge in [0.15, 0.2) is 0 Å². The molecule has 0 saturated carbocycles. The molecule has 0 aliphatic heterocycles. The third-order valence-corrected chi connectivity index (χ3v) is 3.86. The number of carbonyl (C=O) groups excluding carboxylic acids is 2. The molecule has 128 valence electrons. The average Bonchev–Trinajstić information content (AvgIpc) is 3.06. The van der Waals surface area contributed by atoms with Crippen LogP contribution in [0.2, 0.25) is 0 Å². The summed E-state index contributed by atoms with van der Waals surface area (Å²) in [4.78, 5) is 27.7. The maximum Gasteiger partial charge on any atom is 0.243 e. The van der Waals surface area contributed by atoms with Gasteiger partial charge in [0.1, 0.15) is 6.04 Å². The summed E-state index contributed by atoms with van der Waals surface area (Å²) >= 11 is 0. The molecule has 1 aromatic carbocycles. The van der Waals surface area contributed by atoms with Crippen molar-refractivity contribution in [2.24, 2.45) is 5.92 Å². The highest BCUT2D eigenvalue weighted by atomic mass is 16.2. The van der Waals surface area contributed by atoms with Crippen LogP contribution >= 0.6 is 0 Å². The van der Waals surface area contributed by atoms with E-state index in [0.29, 0.717) is 0 Å². The molecular weight excluding hydrogens is 304 g/mol. The van der Waals surface area contributed by atoms with Crippen molar-refractivity contribution >= 4 is 11.8 Å². The average molecular weight is 328 g/mol. The predicted octanol–water partition coefficient (Wildman–Crippen LogP) is 2.21. The van der Waals surface area contributed by atoms with Gasteiger partial charge in [-0.1, -0.05) is 26.0 Å². The van der Waals surface area contributed by atoms with E-state index in [1.807, 2.05) is 55.8 Å². The Kier molecular flexibility index (Phi) is 5.73. The Morgan fingerprint density at radius 1 is 1.08 bits per heavy atom. The molecule has 0 bridgehead atoms. The van der Waals surface area contributed by atoms with Crippen LogP contribution in [0.15, 0.2) is 43.0 Å². The number of amides is 2. The van der Waals surface area contributed by atoms with Gasteiger partial charge in [-0.15, -0.1) is 0 Å². The number of rotatable bonds is 6. The van der Waals surface area contributed by atoms with Gasteiger partial charge in [-0.05, 0) is 30.5 Å². The van der Waals surface area contributed by atoms with E-state index in [0.717, 1.165) is 11.3 Å². The van der Waals surface area contributed by atoms with E-state index in [4.69, 9.17) is 0 Å². The van der Waals surface area contributed by atoms with Crippen LogP contribution in [-0.2, 0) is 9.59 Å². The minimum absolute atomic E-state index is 0.0183. The minimum atomic E-state index is -0.532. The van der Waals surface area contributed by atoms with Gasteiger partial charge >= 0.3 is 0 Å². The highest BCUT2D eigenvalue weighted by Gasteiger charge is 2.24. The summed E-state index contributed by atoms with van der Waals surface area (Å²) in [5.74, 6) is -0.364. The summed E-state index contributed by atoms with van der Waals surface area (Å²) in [6.07, 6.45) is 5.34. The zero-order valence-electron chi connectivity index (χ0n) is 14.5. The molecular formula is C18H24N4O2. The lowest BCUT2D eigenvalue weighted by molar-refractivity contribution is -0.129. The molecule has 2 atom stereocenters. The maximum atomic E-state index is 12.4. The van der Waals surface area contributed by atoms with E-state index in [1.165, 1.54) is 6.92 Å². The number of hydrogen-bond acceptors (Lipinski definition) is 3. The predicted molar refractivity (Wildman–Crippen MR) is 92.6 cm³/mol. The van der Waals surface area contributed by atoms with Crippen molar-refractivity contribution < 1.29 is 9.59 Å². The monoisotopic (exact) mass is 328 g/mol. The second kappa shape index (κ2) is 7.77. The molecule has 6 nitrogen and oxygen atoms in total. The molecule has 0 aliphatic rings. The van der Waals surface area contributed by atoms with Gasteiger partial charge in [0.25, 0.3) is 0 Å². The summed E-state index contributed by atoms with van der Waals surface area (Å²) in [6.45, 7) is 7.16. The van der Waals surface area contributed by atoms with E-state index >= 15 is 0 Å². The van der Waals surface area contributed by atoms with Crippen LogP contribution in [0.1, 0.15) is 39.3 Å². The second-order valence-corrected chi connectivity index (χ2v) is 6.21. The molecule has 2 rings (SSSR count). The second-order valence-electron chi connectivity index (χ2n) is 6.21. The fraction of sp³-hybridized carbons (Fsp3) is 0.389. The summed E-state index contributed by atoms with van der Waals surface area (Å²) in [5, 5.41) is 5.67. The van der Waals surface area contributed by atoms with Gasteiger partial charge in [0, 0.05) is 25.0 Å². The summed E-state index contributed by atoms with van der Waals surface area (Å²) in [6, 6.07) is 7.23. The Morgan fingerprint density at radius 3 is 2.25 bits per heavy atom. The molecule has 0 radical (unpaired) electrons. The standard InChI is InChI=1S/C18H24N4O2/c1-12(2)17(21-14(4)23)18(24)20-13(3)15-5-7-16(8-6-15)22-10-9-19-11-22/h5-13,17H,1-4H3,(H,20,24)(H,21,23). The van der Waals surface area contributed by atoms with Crippen LogP contribution in [-0.4, -0.2) is 27.4 Å². The number of hydrogen-bond donors (Lipinski definition) is 2. The number of benzene rings is 1. The summed E-state index contributed by atoms with van der Waals surface area (Å²) < 4.78 is 1.92. The number of nitrogens with one attached hydrogen (secondary N) is 2. The van der Waals surface area contributed by atoms with Crippen molar-refractivity contribution in [3.05, 3.63) is 48.5 Å². The molecule has 1 heterocycles. The molecule has 0 saturated heterocycles. The molecule has 1 aromatic heterocycles. The Bertz CT molecular complexity index is 678. The third-order valence-electron chi connectivity index (χ3n) is 3.86. The Morgan fingerprint density at radius 2 is 1.75 bits per heavy atom. The molecule has 0 fully saturated rings. The smallest absolute Gasteiger partial charge is 0.243 e. The fourth-order valence-corrected chi connectivity index (χ4v) is 2.49. The van der Waals surface area contributed by atoms with Crippen molar-refractivity contribution in [1.29, 1.82) is 0 Å². The van der Waals surface area contributed by atoms with Gasteiger partial charge in [-0.3, -0.25) is 9.59 Å². The molecule has 2 amide bonds. The van der Waals surface area contributed by atoms with Gasteiger partial charge in [0.05, 0.1) is 12.4 Å². The van der Waals surface area contributed by atoms with Crippen molar-refractivity contribution in [3.8, 4) is 5.69 Å². The first-order valence-corrected chi connectivity index (χ1v) is 8.04. The summed E-state index contributed by atoms with van der Waals surface area (Å²) in [5.41, 5.74) is 2.01. The molecule has 2 aromatic rings. The van der Waals surface area contributed by atoms with Gasteiger partial charge in [-0.25, -0.2) is 4.98 Å². The molecule has 2 N–H and O–H groups in total. The number of carbonyl (C=O) groups is 2. The molecule has 6 heteroatoms. The van der Waals surface area contributed by atoms with Crippen LogP contribution < -0.4 is 10.6 Å². The zero-order chi connectivity index (χ0) is 17.7. The largest absolute Gasteiger partial charge is 0.348 e. The van der Waals surface area contributed by atoms with Gasteiger partial charge in [-0.2, -0.15) is 0 Å². The zero-order valence-corrected chi connectivity index (χ0v) is 14.5. The molecule has 2 unspecified atom stereocenters. The van der Waals surface area contributed by atoms with Crippen LogP contribution in [0.5, 0.6) is 0 Å². The van der Waals surface area contributed by atoms with Gasteiger partial charge < -0.3 is 15.2 Å². The van der Waals surface area contributed by atoms with Crippen LogP contribution in [0, 0.1) is 5.92 Å². The van der Waals surface area contributed by atoms with Crippen LogP contribution in [0.4, 0.5) is 0 Å². The highest BCUT2D eigenvalue weighted by Crippen LogP contribution is 2.16. The van der Waals surface area contributed by atoms with Crippen molar-refractivity contribution in [2.75, 3.05) is 0 Å². The lowest BCUT2D eigenvalue weighted by Crippen LogP contribution is -2.49. The van der Waals surface area contributed by atoms with E-state index in [-0.39, 0.29) is 23.8 Å².